The first-order chi connectivity index (χ1) is 17.8. The molecule has 0 bridgehead atoms. The number of ether oxygens (including phenoxy) is 1. The Morgan fingerprint density at radius 3 is 2.61 bits per heavy atom. The fourth-order valence-electron chi connectivity index (χ4n) is 3.88. The van der Waals surface area contributed by atoms with Gasteiger partial charge in [0, 0.05) is 13.1 Å². The molecule has 1 aliphatic rings. The minimum Gasteiger partial charge on any atom is -0.496 e. The Labute approximate surface area is 218 Å². The largest absolute Gasteiger partial charge is 0.496 e. The molecule has 1 aliphatic heterocycles. The maximum Gasteiger partial charge on any atom is 0.390 e. The first kappa shape index (κ1) is 29.0. The maximum atomic E-state index is 13.1. The number of rotatable bonds is 9. The van der Waals surface area contributed by atoms with Gasteiger partial charge in [-0.3, -0.25) is 10.2 Å². The molecule has 0 atom stereocenters. The van der Waals surface area contributed by atoms with Crippen LogP contribution in [0.4, 0.5) is 19.0 Å². The molecule has 2 aromatic rings. The van der Waals surface area contributed by atoms with Crippen molar-refractivity contribution < 1.29 is 31.1 Å². The highest BCUT2D eigenvalue weighted by molar-refractivity contribution is 7.89. The molecule has 1 amide bonds. The number of alkyl halides is 3. The van der Waals surface area contributed by atoms with E-state index in [0.29, 0.717) is 5.56 Å². The molecule has 1 aromatic carbocycles. The van der Waals surface area contributed by atoms with Crippen LogP contribution in [0.2, 0.25) is 0 Å². The number of pyridine rings is 1. The van der Waals surface area contributed by atoms with Gasteiger partial charge in [-0.25, -0.2) is 18.4 Å². The fourth-order valence-corrected chi connectivity index (χ4v) is 5.33. The third-order valence-electron chi connectivity index (χ3n) is 5.84. The standard InChI is InChI=1S/C23H28F3N7O4S/c1-14(2)33(31-28)21(27)18-5-4-6-20(29-18)30-22(34)17-11-16-13-32(9-7-15(16)12-19(17)37-3)38(35,36)10-8-23(24,25)26/h4-6,11-12,14,27-28H,7-10,13H2,1-3H3,(H,29,30,34). The number of amides is 1. The van der Waals surface area contributed by atoms with E-state index >= 15 is 0 Å². The second-order valence-corrected chi connectivity index (χ2v) is 10.9. The molecule has 38 heavy (non-hydrogen) atoms. The van der Waals surface area contributed by atoms with Gasteiger partial charge in [0.15, 0.2) is 5.84 Å². The number of nitrogens with one attached hydrogen (secondary N) is 3. The van der Waals surface area contributed by atoms with Gasteiger partial charge in [0.25, 0.3) is 5.91 Å². The van der Waals surface area contributed by atoms with E-state index in [1.54, 1.807) is 26.0 Å². The number of sulfonamides is 1. The average Bonchev–Trinajstić information content (AvgIpc) is 2.86. The highest BCUT2D eigenvalue weighted by Crippen LogP contribution is 2.30. The lowest BCUT2D eigenvalue weighted by Gasteiger charge is -2.29. The van der Waals surface area contributed by atoms with Crippen molar-refractivity contribution in [2.75, 3.05) is 24.7 Å². The predicted molar refractivity (Wildman–Crippen MR) is 133 cm³/mol. The van der Waals surface area contributed by atoms with E-state index in [0.717, 1.165) is 14.9 Å². The molecule has 2 heterocycles. The van der Waals surface area contributed by atoms with Crippen LogP contribution in [0.25, 0.3) is 0 Å². The third kappa shape index (κ3) is 6.83. The molecule has 0 saturated heterocycles. The molecule has 206 valence electrons. The first-order valence-electron chi connectivity index (χ1n) is 11.5. The van der Waals surface area contributed by atoms with Crippen LogP contribution in [0.3, 0.4) is 0 Å². The molecule has 3 N–H and O–H groups in total. The van der Waals surface area contributed by atoms with E-state index < -0.39 is 34.3 Å². The predicted octanol–water partition coefficient (Wildman–Crippen LogP) is 3.96. The van der Waals surface area contributed by atoms with E-state index in [-0.39, 0.29) is 54.2 Å². The van der Waals surface area contributed by atoms with Crippen molar-refractivity contribution in [3.8, 4) is 5.75 Å². The number of halogens is 3. The number of methoxy groups -OCH3 is 1. The zero-order valence-corrected chi connectivity index (χ0v) is 21.8. The second kappa shape index (κ2) is 11.4. The number of benzene rings is 1. The van der Waals surface area contributed by atoms with Crippen LogP contribution in [-0.2, 0) is 23.0 Å². The Balaban J connectivity index is 1.84. The number of amidine groups is 1. The van der Waals surface area contributed by atoms with Gasteiger partial charge in [0.05, 0.1) is 30.9 Å². The summed E-state index contributed by atoms with van der Waals surface area (Å²) in [6, 6.07) is 7.41. The van der Waals surface area contributed by atoms with Gasteiger partial charge in [-0.1, -0.05) is 11.3 Å². The van der Waals surface area contributed by atoms with Crippen LogP contribution in [0.5, 0.6) is 5.75 Å². The summed E-state index contributed by atoms with van der Waals surface area (Å²) in [7, 11) is -2.78. The smallest absolute Gasteiger partial charge is 0.390 e. The van der Waals surface area contributed by atoms with Crippen LogP contribution in [-0.4, -0.2) is 66.1 Å². The van der Waals surface area contributed by atoms with Gasteiger partial charge in [-0.05, 0) is 55.7 Å². The van der Waals surface area contributed by atoms with Gasteiger partial charge in [-0.15, -0.1) is 0 Å². The molecule has 15 heteroatoms. The van der Waals surface area contributed by atoms with E-state index in [4.69, 9.17) is 15.7 Å². The zero-order chi connectivity index (χ0) is 28.3. The van der Waals surface area contributed by atoms with E-state index in [1.807, 2.05) is 0 Å². The van der Waals surface area contributed by atoms with Crippen LogP contribution in [0, 0.1) is 10.9 Å². The lowest BCUT2D eigenvalue weighted by atomic mass is 9.97. The van der Waals surface area contributed by atoms with Crippen molar-refractivity contribution in [3.63, 3.8) is 0 Å². The molecule has 0 unspecified atom stereocenters. The minimum absolute atomic E-state index is 0.0164. The first-order valence-corrected chi connectivity index (χ1v) is 13.1. The van der Waals surface area contributed by atoms with Crippen LogP contribution in [0.1, 0.15) is 47.4 Å². The minimum atomic E-state index is -4.59. The summed E-state index contributed by atoms with van der Waals surface area (Å²) in [4.78, 5) is 17.4. The normalized spacial score (nSPS) is 14.1. The number of hydrogen-bond donors (Lipinski definition) is 3. The molecule has 0 spiro atoms. The Kier molecular flexibility index (Phi) is 8.72. The number of hydrogen-bond acceptors (Lipinski definition) is 8. The molecule has 1 aromatic heterocycles. The summed E-state index contributed by atoms with van der Waals surface area (Å²) in [6.07, 6.45) is -5.78. The van der Waals surface area contributed by atoms with Crippen LogP contribution >= 0.6 is 0 Å². The van der Waals surface area contributed by atoms with Crippen molar-refractivity contribution in [1.29, 1.82) is 10.9 Å². The van der Waals surface area contributed by atoms with Gasteiger partial charge in [-0.2, -0.15) is 23.0 Å². The summed E-state index contributed by atoms with van der Waals surface area (Å²) in [5, 5.41) is 15.4. The lowest BCUT2D eigenvalue weighted by molar-refractivity contribution is -0.130. The van der Waals surface area contributed by atoms with Crippen LogP contribution < -0.4 is 10.1 Å². The molecule has 3 rings (SSSR count). The molecule has 0 aliphatic carbocycles. The van der Waals surface area contributed by atoms with Crippen molar-refractivity contribution in [2.24, 2.45) is 5.22 Å². The van der Waals surface area contributed by atoms with Gasteiger partial charge in [0.1, 0.15) is 17.3 Å². The van der Waals surface area contributed by atoms with E-state index in [9.17, 15) is 26.4 Å². The SMILES string of the molecule is COc1cc2c(cc1C(=O)Nc1cccc(C(=N)N(N=N)C(C)C)n1)CN(S(=O)(=O)CCC(F)(F)F)CC2. The highest BCUT2D eigenvalue weighted by atomic mass is 32.2. The number of carbonyl (C=O) groups excluding carboxylic acids is 1. The monoisotopic (exact) mass is 555 g/mol. The Hall–Kier alpha value is -3.59. The van der Waals surface area contributed by atoms with E-state index in [1.165, 1.54) is 25.3 Å². The Morgan fingerprint density at radius 1 is 1.29 bits per heavy atom. The topological polar surface area (TPSA) is 152 Å². The highest BCUT2D eigenvalue weighted by Gasteiger charge is 2.34. The summed E-state index contributed by atoms with van der Waals surface area (Å²) in [6.45, 7) is 3.35. The quantitative estimate of drug-likeness (QED) is 0.184. The number of aromatic nitrogens is 1. The van der Waals surface area contributed by atoms with Gasteiger partial charge < -0.3 is 10.1 Å². The van der Waals surface area contributed by atoms with Crippen molar-refractivity contribution in [3.05, 3.63) is 52.7 Å². The zero-order valence-electron chi connectivity index (χ0n) is 21.0. The molecule has 0 radical (unpaired) electrons. The Bertz CT molecular complexity index is 1330. The van der Waals surface area contributed by atoms with Gasteiger partial charge in [0.2, 0.25) is 10.0 Å². The van der Waals surface area contributed by atoms with Crippen LogP contribution in [0.15, 0.2) is 35.6 Å². The second-order valence-electron chi connectivity index (χ2n) is 8.84. The summed E-state index contributed by atoms with van der Waals surface area (Å²) in [5.74, 6) is -1.46. The average molecular weight is 556 g/mol. The van der Waals surface area contributed by atoms with Crippen molar-refractivity contribution in [2.45, 2.75) is 45.5 Å². The lowest BCUT2D eigenvalue weighted by Crippen LogP contribution is -2.38. The molecule has 0 saturated carbocycles. The molecular formula is C23H28F3N7O4S. The number of anilines is 1. The molecular weight excluding hydrogens is 527 g/mol. The fraction of sp³-hybridized carbons (Fsp3) is 0.435. The van der Waals surface area contributed by atoms with E-state index in [2.05, 4.69) is 15.5 Å². The summed E-state index contributed by atoms with van der Waals surface area (Å²) in [5.41, 5.74) is 8.73. The number of carbonyl (C=O) groups is 1. The molecule has 0 fully saturated rings. The van der Waals surface area contributed by atoms with Crippen molar-refractivity contribution >= 4 is 27.6 Å². The summed E-state index contributed by atoms with van der Waals surface area (Å²) < 4.78 is 69.1. The maximum absolute atomic E-state index is 13.1. The van der Waals surface area contributed by atoms with Crippen molar-refractivity contribution in [1.82, 2.24) is 14.3 Å². The number of nitrogens with zero attached hydrogens (tertiary/aromatic N) is 4. The molecule has 11 nitrogen and oxygen atoms in total. The Morgan fingerprint density at radius 2 is 2.00 bits per heavy atom. The van der Waals surface area contributed by atoms with Gasteiger partial charge >= 0.3 is 6.18 Å². The summed E-state index contributed by atoms with van der Waals surface area (Å²) >= 11 is 0. The third-order valence-corrected chi connectivity index (χ3v) is 7.66. The number of fused-ring (bicyclic) bond motifs is 1.